The van der Waals surface area contributed by atoms with Crippen LogP contribution in [-0.2, 0) is 11.2 Å². The fourth-order valence-electron chi connectivity index (χ4n) is 1.23. The summed E-state index contributed by atoms with van der Waals surface area (Å²) in [7, 11) is 0. The van der Waals surface area contributed by atoms with Gasteiger partial charge >= 0.3 is 0 Å². The Bertz CT molecular complexity index is 328. The van der Waals surface area contributed by atoms with E-state index in [1.807, 2.05) is 0 Å². The molecule has 1 amide bonds. The average molecular weight is 211 g/mol. The summed E-state index contributed by atoms with van der Waals surface area (Å²) in [6, 6.07) is 6.27. The normalized spacial score (nSPS) is 10.0. The van der Waals surface area contributed by atoms with Gasteiger partial charge < -0.3 is 10.4 Å². The molecular weight excluding hydrogens is 197 g/mol. The van der Waals surface area contributed by atoms with Gasteiger partial charge in [-0.2, -0.15) is 0 Å². The Morgan fingerprint density at radius 1 is 1.47 bits per heavy atom. The van der Waals surface area contributed by atoms with E-state index < -0.39 is 0 Å². The fourth-order valence-corrected chi connectivity index (χ4v) is 1.23. The standard InChI is InChI=1S/C11H14FNO2/c12-10-3-1-2-9(8-10)4-6-13-11(15)5-7-14/h1-3,8,14H,4-7H2,(H,13,15). The van der Waals surface area contributed by atoms with Crippen molar-refractivity contribution < 1.29 is 14.3 Å². The lowest BCUT2D eigenvalue weighted by Gasteiger charge is -2.04. The van der Waals surface area contributed by atoms with E-state index in [0.717, 1.165) is 5.56 Å². The maximum Gasteiger partial charge on any atom is 0.222 e. The molecule has 0 heterocycles. The minimum absolute atomic E-state index is 0.114. The zero-order chi connectivity index (χ0) is 11.1. The van der Waals surface area contributed by atoms with Crippen molar-refractivity contribution in [3.05, 3.63) is 35.6 Å². The maximum atomic E-state index is 12.8. The third-order valence-corrected chi connectivity index (χ3v) is 1.96. The van der Waals surface area contributed by atoms with Crippen molar-refractivity contribution in [1.29, 1.82) is 0 Å². The van der Waals surface area contributed by atoms with Gasteiger partial charge in [0.25, 0.3) is 0 Å². The minimum atomic E-state index is -0.269. The second kappa shape index (κ2) is 6.14. The number of carbonyl (C=O) groups excluding carboxylic acids is 1. The molecule has 2 N–H and O–H groups in total. The molecule has 0 saturated heterocycles. The van der Waals surface area contributed by atoms with Gasteiger partial charge in [-0.1, -0.05) is 12.1 Å². The number of benzene rings is 1. The van der Waals surface area contributed by atoms with Crippen LogP contribution in [0.2, 0.25) is 0 Å². The molecule has 1 rings (SSSR count). The molecule has 0 radical (unpaired) electrons. The van der Waals surface area contributed by atoms with Crippen LogP contribution in [0.1, 0.15) is 12.0 Å². The van der Waals surface area contributed by atoms with Gasteiger partial charge in [0.05, 0.1) is 6.61 Å². The fraction of sp³-hybridized carbons (Fsp3) is 0.364. The Morgan fingerprint density at radius 2 is 2.27 bits per heavy atom. The number of hydrogen-bond acceptors (Lipinski definition) is 2. The minimum Gasteiger partial charge on any atom is -0.396 e. The highest BCUT2D eigenvalue weighted by molar-refractivity contribution is 5.75. The summed E-state index contributed by atoms with van der Waals surface area (Å²) in [6.07, 6.45) is 0.706. The van der Waals surface area contributed by atoms with Crippen LogP contribution in [0.5, 0.6) is 0 Å². The largest absolute Gasteiger partial charge is 0.396 e. The van der Waals surface area contributed by atoms with Crippen LogP contribution >= 0.6 is 0 Å². The summed E-state index contributed by atoms with van der Waals surface area (Å²) in [4.78, 5) is 11.0. The lowest BCUT2D eigenvalue weighted by molar-refractivity contribution is -0.121. The Kier molecular flexibility index (Phi) is 4.77. The van der Waals surface area contributed by atoms with E-state index in [2.05, 4.69) is 5.32 Å². The molecule has 0 spiro atoms. The van der Waals surface area contributed by atoms with Crippen LogP contribution in [0.4, 0.5) is 4.39 Å². The molecule has 0 aliphatic heterocycles. The lowest BCUT2D eigenvalue weighted by Crippen LogP contribution is -2.26. The average Bonchev–Trinajstić information content (AvgIpc) is 2.18. The molecule has 0 aliphatic carbocycles. The number of carbonyl (C=O) groups is 1. The molecule has 1 aromatic carbocycles. The first-order valence-electron chi connectivity index (χ1n) is 4.84. The number of aliphatic hydroxyl groups is 1. The maximum absolute atomic E-state index is 12.8. The van der Waals surface area contributed by atoms with Gasteiger partial charge in [-0.3, -0.25) is 4.79 Å². The highest BCUT2D eigenvalue weighted by atomic mass is 19.1. The van der Waals surface area contributed by atoms with Crippen molar-refractivity contribution in [3.8, 4) is 0 Å². The second-order valence-electron chi connectivity index (χ2n) is 3.20. The quantitative estimate of drug-likeness (QED) is 0.759. The van der Waals surface area contributed by atoms with Crippen molar-refractivity contribution in [1.82, 2.24) is 5.32 Å². The first-order valence-corrected chi connectivity index (χ1v) is 4.84. The van der Waals surface area contributed by atoms with E-state index in [4.69, 9.17) is 5.11 Å². The van der Waals surface area contributed by atoms with Crippen LogP contribution in [0, 0.1) is 5.82 Å². The van der Waals surface area contributed by atoms with Crippen molar-refractivity contribution in [3.63, 3.8) is 0 Å². The smallest absolute Gasteiger partial charge is 0.222 e. The van der Waals surface area contributed by atoms with Gasteiger partial charge in [0.15, 0.2) is 0 Å². The third kappa shape index (κ3) is 4.56. The zero-order valence-electron chi connectivity index (χ0n) is 8.37. The number of amides is 1. The Morgan fingerprint density at radius 3 is 2.93 bits per heavy atom. The molecule has 0 atom stereocenters. The van der Waals surface area contributed by atoms with Crippen molar-refractivity contribution in [2.45, 2.75) is 12.8 Å². The van der Waals surface area contributed by atoms with Gasteiger partial charge in [0.2, 0.25) is 5.91 Å². The number of halogens is 1. The van der Waals surface area contributed by atoms with E-state index in [1.54, 1.807) is 12.1 Å². The number of nitrogens with one attached hydrogen (secondary N) is 1. The monoisotopic (exact) mass is 211 g/mol. The SMILES string of the molecule is O=C(CCO)NCCc1cccc(F)c1. The van der Waals surface area contributed by atoms with E-state index in [9.17, 15) is 9.18 Å². The molecule has 15 heavy (non-hydrogen) atoms. The van der Waals surface area contributed by atoms with E-state index in [-0.39, 0.29) is 24.8 Å². The van der Waals surface area contributed by atoms with Gasteiger partial charge in [-0.15, -0.1) is 0 Å². The topological polar surface area (TPSA) is 49.3 Å². The first kappa shape index (κ1) is 11.7. The van der Waals surface area contributed by atoms with Gasteiger partial charge in [0, 0.05) is 13.0 Å². The predicted molar refractivity (Wildman–Crippen MR) is 54.8 cm³/mol. The van der Waals surface area contributed by atoms with Gasteiger partial charge in [-0.25, -0.2) is 4.39 Å². The molecule has 0 unspecified atom stereocenters. The molecule has 0 aromatic heterocycles. The van der Waals surface area contributed by atoms with Crippen LogP contribution in [0.25, 0.3) is 0 Å². The number of rotatable bonds is 5. The highest BCUT2D eigenvalue weighted by Gasteiger charge is 1.99. The molecule has 0 fully saturated rings. The van der Waals surface area contributed by atoms with Crippen molar-refractivity contribution >= 4 is 5.91 Å². The third-order valence-electron chi connectivity index (χ3n) is 1.96. The highest BCUT2D eigenvalue weighted by Crippen LogP contribution is 2.03. The van der Waals surface area contributed by atoms with E-state index >= 15 is 0 Å². The summed E-state index contributed by atoms with van der Waals surface area (Å²) in [5.41, 5.74) is 0.847. The van der Waals surface area contributed by atoms with Crippen molar-refractivity contribution in [2.75, 3.05) is 13.2 Å². The van der Waals surface area contributed by atoms with Crippen LogP contribution in [0.15, 0.2) is 24.3 Å². The summed E-state index contributed by atoms with van der Waals surface area (Å²) in [5.74, 6) is -0.455. The molecular formula is C11H14FNO2. The Labute approximate surface area is 87.9 Å². The summed E-state index contributed by atoms with van der Waals surface area (Å²) < 4.78 is 12.8. The Hall–Kier alpha value is -1.42. The van der Waals surface area contributed by atoms with Crippen LogP contribution < -0.4 is 5.32 Å². The summed E-state index contributed by atoms with van der Waals surface area (Å²) >= 11 is 0. The molecule has 1 aromatic rings. The van der Waals surface area contributed by atoms with E-state index in [1.165, 1.54) is 12.1 Å². The molecule has 0 bridgehead atoms. The van der Waals surface area contributed by atoms with Gasteiger partial charge in [-0.05, 0) is 24.1 Å². The number of hydrogen-bond donors (Lipinski definition) is 2. The van der Waals surface area contributed by atoms with Gasteiger partial charge in [0.1, 0.15) is 5.82 Å². The zero-order valence-corrected chi connectivity index (χ0v) is 8.37. The summed E-state index contributed by atoms with van der Waals surface area (Å²) in [5, 5.41) is 11.1. The lowest BCUT2D eigenvalue weighted by atomic mass is 10.1. The number of aliphatic hydroxyl groups excluding tert-OH is 1. The van der Waals surface area contributed by atoms with Crippen LogP contribution in [0.3, 0.4) is 0 Å². The first-order chi connectivity index (χ1) is 7.22. The van der Waals surface area contributed by atoms with Crippen LogP contribution in [-0.4, -0.2) is 24.2 Å². The summed E-state index contributed by atoms with van der Waals surface area (Å²) in [6.45, 7) is 0.314. The molecule has 0 saturated carbocycles. The Balaban J connectivity index is 2.28. The predicted octanol–water partition coefficient (Wildman–Crippen LogP) is 0.867. The second-order valence-corrected chi connectivity index (χ2v) is 3.20. The molecule has 0 aliphatic rings. The van der Waals surface area contributed by atoms with Crippen molar-refractivity contribution in [2.24, 2.45) is 0 Å². The molecule has 3 nitrogen and oxygen atoms in total. The molecule has 4 heteroatoms. The molecule has 82 valence electrons. The van der Waals surface area contributed by atoms with E-state index in [0.29, 0.717) is 13.0 Å².